The lowest BCUT2D eigenvalue weighted by atomic mass is 9.83. The topological polar surface area (TPSA) is 28.6 Å². The zero-order chi connectivity index (χ0) is 13.3. The summed E-state index contributed by atoms with van der Waals surface area (Å²) in [4.78, 5) is 9.78. The number of aryl methyl sites for hydroxylation is 1. The van der Waals surface area contributed by atoms with Crippen LogP contribution in [0.25, 0.3) is 0 Å². The number of thiazole rings is 1. The van der Waals surface area contributed by atoms with Crippen molar-refractivity contribution in [2.75, 3.05) is 39.9 Å². The Kier molecular flexibility index (Phi) is 3.89. The highest BCUT2D eigenvalue weighted by Gasteiger charge is 2.48. The predicted octanol–water partition coefficient (Wildman–Crippen LogP) is 1.75. The lowest BCUT2D eigenvalue weighted by Gasteiger charge is -2.50. The van der Waals surface area contributed by atoms with E-state index in [0.717, 1.165) is 19.7 Å². The van der Waals surface area contributed by atoms with Gasteiger partial charge in [0, 0.05) is 50.8 Å². The van der Waals surface area contributed by atoms with Crippen molar-refractivity contribution < 1.29 is 4.74 Å². The lowest BCUT2D eigenvalue weighted by molar-refractivity contribution is -0.0160. The van der Waals surface area contributed by atoms with Crippen LogP contribution in [0, 0.1) is 6.92 Å². The normalized spacial score (nSPS) is 28.1. The van der Waals surface area contributed by atoms with Crippen molar-refractivity contribution in [1.82, 2.24) is 14.8 Å². The average molecular weight is 281 g/mol. The summed E-state index contributed by atoms with van der Waals surface area (Å²) in [6.07, 6.45) is 2.65. The molecule has 0 amide bonds. The molecule has 0 bridgehead atoms. The van der Waals surface area contributed by atoms with Crippen LogP contribution in [-0.2, 0) is 11.3 Å². The van der Waals surface area contributed by atoms with Crippen molar-refractivity contribution in [1.29, 1.82) is 0 Å². The van der Waals surface area contributed by atoms with Gasteiger partial charge in [0.1, 0.15) is 0 Å². The zero-order valence-corrected chi connectivity index (χ0v) is 12.7. The van der Waals surface area contributed by atoms with Crippen molar-refractivity contribution in [2.24, 2.45) is 0 Å². The molecule has 5 heteroatoms. The summed E-state index contributed by atoms with van der Waals surface area (Å²) in [6, 6.07) is 0. The second-order valence-corrected chi connectivity index (χ2v) is 6.83. The summed E-state index contributed by atoms with van der Waals surface area (Å²) in [7, 11) is 1.78. The van der Waals surface area contributed by atoms with Crippen LogP contribution in [0.5, 0.6) is 0 Å². The van der Waals surface area contributed by atoms with Gasteiger partial charge in [-0.1, -0.05) is 0 Å². The van der Waals surface area contributed by atoms with Gasteiger partial charge < -0.3 is 4.74 Å². The largest absolute Gasteiger partial charge is 0.383 e. The first-order valence-corrected chi connectivity index (χ1v) is 7.97. The minimum atomic E-state index is 0.436. The maximum atomic E-state index is 5.18. The van der Waals surface area contributed by atoms with Crippen LogP contribution in [0.2, 0.25) is 0 Å². The highest BCUT2D eigenvalue weighted by molar-refractivity contribution is 7.09. The van der Waals surface area contributed by atoms with Crippen molar-refractivity contribution in [3.63, 3.8) is 0 Å². The molecule has 2 aliphatic heterocycles. The Morgan fingerprint density at radius 1 is 1.42 bits per heavy atom. The Morgan fingerprint density at radius 3 is 2.89 bits per heavy atom. The Hall–Kier alpha value is -0.490. The molecule has 0 aliphatic carbocycles. The highest BCUT2D eigenvalue weighted by Crippen LogP contribution is 2.39. The maximum Gasteiger partial charge on any atom is 0.0897 e. The third-order valence-electron chi connectivity index (χ3n) is 4.56. The molecule has 1 spiro atoms. The number of ether oxygens (including phenoxy) is 1. The van der Waals surface area contributed by atoms with Gasteiger partial charge in [0.25, 0.3) is 0 Å². The molecule has 2 fully saturated rings. The predicted molar refractivity (Wildman–Crippen MR) is 77.5 cm³/mol. The molecule has 0 unspecified atom stereocenters. The number of aromatic nitrogens is 1. The van der Waals surface area contributed by atoms with Crippen LogP contribution in [0.15, 0.2) is 5.38 Å². The third kappa shape index (κ3) is 2.70. The molecule has 1 atom stereocenters. The van der Waals surface area contributed by atoms with E-state index in [4.69, 9.17) is 4.74 Å². The second-order valence-electron chi connectivity index (χ2n) is 5.77. The first-order valence-electron chi connectivity index (χ1n) is 7.09. The summed E-state index contributed by atoms with van der Waals surface area (Å²) < 4.78 is 5.18. The summed E-state index contributed by atoms with van der Waals surface area (Å²) in [5.41, 5.74) is 1.68. The minimum absolute atomic E-state index is 0.436. The maximum absolute atomic E-state index is 5.18. The van der Waals surface area contributed by atoms with E-state index in [1.807, 2.05) is 0 Å². The molecule has 2 aliphatic rings. The first kappa shape index (κ1) is 13.5. The van der Waals surface area contributed by atoms with Crippen molar-refractivity contribution in [2.45, 2.75) is 31.8 Å². The fraction of sp³-hybridized carbons (Fsp3) is 0.786. The molecule has 0 aromatic carbocycles. The zero-order valence-electron chi connectivity index (χ0n) is 11.9. The Bertz CT molecular complexity index is 436. The van der Waals surface area contributed by atoms with Crippen LogP contribution in [0.1, 0.15) is 23.5 Å². The molecule has 4 nitrogen and oxygen atoms in total. The quantitative estimate of drug-likeness (QED) is 0.822. The summed E-state index contributed by atoms with van der Waals surface area (Å²) in [5, 5.41) is 3.39. The summed E-state index contributed by atoms with van der Waals surface area (Å²) in [6.45, 7) is 8.69. The highest BCUT2D eigenvalue weighted by atomic mass is 32.1. The molecule has 1 aromatic heterocycles. The molecule has 3 heterocycles. The first-order chi connectivity index (χ1) is 9.22. The van der Waals surface area contributed by atoms with Gasteiger partial charge in [0.2, 0.25) is 0 Å². The van der Waals surface area contributed by atoms with E-state index in [9.17, 15) is 0 Å². The van der Waals surface area contributed by atoms with Gasteiger partial charge in [-0.25, -0.2) is 4.98 Å². The summed E-state index contributed by atoms with van der Waals surface area (Å²) in [5.74, 6) is 0. The van der Waals surface area contributed by atoms with E-state index < -0.39 is 0 Å². The molecule has 2 saturated heterocycles. The van der Waals surface area contributed by atoms with Crippen LogP contribution in [-0.4, -0.2) is 60.2 Å². The number of likely N-dealkylation sites (tertiary alicyclic amines) is 2. The molecule has 0 radical (unpaired) electrons. The number of hydrogen-bond donors (Lipinski definition) is 0. The SMILES string of the molecule is COCCN1CC[C@]2(CCN2Cc2csc(C)n2)C1. The Balaban J connectivity index is 1.57. The van der Waals surface area contributed by atoms with Crippen LogP contribution < -0.4 is 0 Å². The van der Waals surface area contributed by atoms with Crippen LogP contribution in [0.4, 0.5) is 0 Å². The number of rotatable bonds is 5. The molecule has 1 aromatic rings. The van der Waals surface area contributed by atoms with E-state index in [1.54, 1.807) is 18.4 Å². The van der Waals surface area contributed by atoms with E-state index in [1.165, 1.54) is 43.2 Å². The van der Waals surface area contributed by atoms with Crippen molar-refractivity contribution >= 4 is 11.3 Å². The van der Waals surface area contributed by atoms with E-state index in [0.29, 0.717) is 5.54 Å². The fourth-order valence-electron chi connectivity index (χ4n) is 3.32. The van der Waals surface area contributed by atoms with Gasteiger partial charge in [0.05, 0.1) is 17.3 Å². The molecular weight excluding hydrogens is 258 g/mol. The molecule has 0 N–H and O–H groups in total. The average Bonchev–Trinajstić information content (AvgIpc) is 3.00. The monoisotopic (exact) mass is 281 g/mol. The van der Waals surface area contributed by atoms with E-state index in [2.05, 4.69) is 27.1 Å². The summed E-state index contributed by atoms with van der Waals surface area (Å²) >= 11 is 1.76. The van der Waals surface area contributed by atoms with Gasteiger partial charge in [-0.15, -0.1) is 11.3 Å². The van der Waals surface area contributed by atoms with Gasteiger partial charge in [-0.3, -0.25) is 9.80 Å². The van der Waals surface area contributed by atoms with Crippen LogP contribution >= 0.6 is 11.3 Å². The molecule has 3 rings (SSSR count). The third-order valence-corrected chi connectivity index (χ3v) is 5.38. The van der Waals surface area contributed by atoms with E-state index in [-0.39, 0.29) is 0 Å². The molecule has 19 heavy (non-hydrogen) atoms. The van der Waals surface area contributed by atoms with Crippen molar-refractivity contribution in [3.05, 3.63) is 16.1 Å². The Morgan fingerprint density at radius 2 is 2.26 bits per heavy atom. The standard InChI is InChI=1S/C14H23N3OS/c1-12-15-13(10-19-12)9-17-6-4-14(17)3-5-16(11-14)7-8-18-2/h10H,3-9,11H2,1-2H3/t14-/m0/s1. The smallest absolute Gasteiger partial charge is 0.0897 e. The van der Waals surface area contributed by atoms with Gasteiger partial charge in [-0.2, -0.15) is 0 Å². The van der Waals surface area contributed by atoms with Crippen molar-refractivity contribution in [3.8, 4) is 0 Å². The second kappa shape index (κ2) is 5.48. The lowest BCUT2D eigenvalue weighted by Crippen LogP contribution is -2.60. The van der Waals surface area contributed by atoms with E-state index >= 15 is 0 Å². The van der Waals surface area contributed by atoms with Crippen LogP contribution in [0.3, 0.4) is 0 Å². The van der Waals surface area contributed by atoms with Gasteiger partial charge >= 0.3 is 0 Å². The molecular formula is C14H23N3OS. The molecule has 0 saturated carbocycles. The molecule has 106 valence electrons. The number of hydrogen-bond acceptors (Lipinski definition) is 5. The number of methoxy groups -OCH3 is 1. The minimum Gasteiger partial charge on any atom is -0.383 e. The fourth-order valence-corrected chi connectivity index (χ4v) is 3.93. The van der Waals surface area contributed by atoms with Gasteiger partial charge in [0.15, 0.2) is 0 Å². The van der Waals surface area contributed by atoms with Gasteiger partial charge in [-0.05, 0) is 19.8 Å². The number of nitrogens with zero attached hydrogens (tertiary/aromatic N) is 3. The Labute approximate surface area is 119 Å².